The van der Waals surface area contributed by atoms with Crippen molar-refractivity contribution < 1.29 is 0 Å². The molecule has 0 aliphatic heterocycles. The molecule has 2 aliphatic rings. The molecule has 2 bridgehead atoms. The van der Waals surface area contributed by atoms with Crippen LogP contribution in [0, 0.1) is 0 Å². The Morgan fingerprint density at radius 2 is 1.02 bits per heavy atom. The highest BCUT2D eigenvalue weighted by Gasteiger charge is 2.45. The van der Waals surface area contributed by atoms with Gasteiger partial charge in [0.15, 0.2) is 0 Å². The summed E-state index contributed by atoms with van der Waals surface area (Å²) >= 11 is 0. The van der Waals surface area contributed by atoms with E-state index in [0.717, 1.165) is 12.8 Å². The van der Waals surface area contributed by atoms with E-state index in [9.17, 15) is 0 Å². The zero-order valence-corrected chi connectivity index (χ0v) is 33.2. The predicted octanol–water partition coefficient (Wildman–Crippen LogP) is 15.1. The fourth-order valence-corrected chi connectivity index (χ4v) is 10.6. The van der Waals surface area contributed by atoms with Crippen LogP contribution in [0.1, 0.15) is 39.8 Å². The largest absolute Gasteiger partial charge is 0.309 e. The minimum absolute atomic E-state index is 0.706. The van der Waals surface area contributed by atoms with Gasteiger partial charge in [0.25, 0.3) is 0 Å². The van der Waals surface area contributed by atoms with Crippen molar-refractivity contribution in [3.8, 4) is 50.2 Å². The summed E-state index contributed by atoms with van der Waals surface area (Å²) < 4.78 is 2.45. The molecule has 0 fully saturated rings. The Kier molecular flexibility index (Phi) is 7.96. The summed E-state index contributed by atoms with van der Waals surface area (Å²) in [6.45, 7) is 0. The summed E-state index contributed by atoms with van der Waals surface area (Å²) in [7, 11) is 0. The monoisotopic (exact) mass is 763 g/mol. The van der Waals surface area contributed by atoms with Crippen LogP contribution >= 0.6 is 0 Å². The normalized spacial score (nSPS) is 15.2. The van der Waals surface area contributed by atoms with Gasteiger partial charge in [0.2, 0.25) is 0 Å². The van der Waals surface area contributed by atoms with Gasteiger partial charge in [-0.25, -0.2) is 0 Å². The van der Waals surface area contributed by atoms with Gasteiger partial charge in [-0.1, -0.05) is 194 Å². The second-order valence-electron chi connectivity index (χ2n) is 16.3. The Bertz CT molecular complexity index is 3310. The molecule has 0 spiro atoms. The lowest BCUT2D eigenvalue weighted by atomic mass is 9.59. The molecule has 0 N–H and O–H groups in total. The molecule has 60 heavy (non-hydrogen) atoms. The molecular formula is C59H41N. The number of aryl methyl sites for hydroxylation is 1. The van der Waals surface area contributed by atoms with Crippen LogP contribution in [-0.4, -0.2) is 4.57 Å². The van der Waals surface area contributed by atoms with Crippen LogP contribution < -0.4 is 0 Å². The number of benzene rings is 9. The van der Waals surface area contributed by atoms with Gasteiger partial charge < -0.3 is 4.57 Å². The Labute approximate surface area is 351 Å². The third-order valence-corrected chi connectivity index (χ3v) is 13.2. The molecule has 0 saturated carbocycles. The number of rotatable bonds is 5. The zero-order valence-electron chi connectivity index (χ0n) is 33.2. The van der Waals surface area contributed by atoms with Gasteiger partial charge in [-0.15, -0.1) is 0 Å². The molecule has 0 radical (unpaired) electrons. The van der Waals surface area contributed by atoms with Gasteiger partial charge in [-0.05, 0) is 121 Å². The average molecular weight is 764 g/mol. The predicted molar refractivity (Wildman–Crippen MR) is 252 cm³/mol. The van der Waals surface area contributed by atoms with E-state index in [1.807, 2.05) is 0 Å². The van der Waals surface area contributed by atoms with E-state index in [2.05, 4.69) is 229 Å². The van der Waals surface area contributed by atoms with Crippen molar-refractivity contribution in [2.24, 2.45) is 0 Å². The molecule has 1 nitrogen and oxygen atoms in total. The van der Waals surface area contributed by atoms with Gasteiger partial charge in [-0.2, -0.15) is 0 Å². The molecule has 9 aromatic carbocycles. The van der Waals surface area contributed by atoms with Crippen LogP contribution in [0.15, 0.2) is 218 Å². The summed E-state index contributed by atoms with van der Waals surface area (Å²) in [4.78, 5) is 0. The molecule has 1 atom stereocenters. The molecule has 282 valence electrons. The van der Waals surface area contributed by atoms with Gasteiger partial charge in [0, 0.05) is 16.5 Å². The van der Waals surface area contributed by atoms with Gasteiger partial charge >= 0.3 is 0 Å². The molecule has 12 rings (SSSR count). The van der Waals surface area contributed by atoms with Gasteiger partial charge in [-0.3, -0.25) is 0 Å². The van der Waals surface area contributed by atoms with Gasteiger partial charge in [0.1, 0.15) is 0 Å². The smallest absolute Gasteiger partial charge is 0.0719 e. The van der Waals surface area contributed by atoms with E-state index in [0.29, 0.717) is 0 Å². The quantitative estimate of drug-likeness (QED) is 0.165. The molecule has 1 unspecified atom stereocenters. The maximum atomic E-state index is 2.45. The van der Waals surface area contributed by atoms with Crippen molar-refractivity contribution >= 4 is 27.9 Å². The van der Waals surface area contributed by atoms with Crippen molar-refractivity contribution in [2.75, 3.05) is 0 Å². The molecule has 1 heterocycles. The first kappa shape index (κ1) is 34.6. The number of aromatic nitrogens is 1. The minimum Gasteiger partial charge on any atom is -0.309 e. The molecule has 1 heteroatoms. The topological polar surface area (TPSA) is 4.93 Å². The van der Waals surface area contributed by atoms with Gasteiger partial charge in [0.05, 0.1) is 16.4 Å². The Balaban J connectivity index is 1.18. The fraction of sp³-hybridized carbons (Fsp3) is 0.0508. The highest BCUT2D eigenvalue weighted by molar-refractivity contribution is 6.11. The third kappa shape index (κ3) is 5.12. The summed E-state index contributed by atoms with van der Waals surface area (Å²) in [5.41, 5.74) is 20.6. The first-order valence-electron chi connectivity index (χ1n) is 21.2. The molecular weight excluding hydrogens is 723 g/mol. The Morgan fingerprint density at radius 1 is 0.400 bits per heavy atom. The lowest BCUT2D eigenvalue weighted by Gasteiger charge is -2.42. The van der Waals surface area contributed by atoms with Crippen molar-refractivity contribution in [3.63, 3.8) is 0 Å². The van der Waals surface area contributed by atoms with Crippen molar-refractivity contribution in [2.45, 2.75) is 18.3 Å². The van der Waals surface area contributed by atoms with Crippen LogP contribution in [0.2, 0.25) is 0 Å². The van der Waals surface area contributed by atoms with E-state index in [4.69, 9.17) is 0 Å². The second kappa shape index (κ2) is 13.8. The molecule has 0 saturated heterocycles. The maximum Gasteiger partial charge on any atom is 0.0719 e. The van der Waals surface area contributed by atoms with E-state index >= 15 is 0 Å². The maximum absolute atomic E-state index is 2.45. The van der Waals surface area contributed by atoms with Crippen LogP contribution in [0.5, 0.6) is 0 Å². The minimum atomic E-state index is -0.706. The number of hydrogen-bond acceptors (Lipinski definition) is 0. The van der Waals surface area contributed by atoms with Crippen molar-refractivity contribution in [1.82, 2.24) is 4.57 Å². The lowest BCUT2D eigenvalue weighted by molar-refractivity contribution is 0.750. The first-order valence-corrected chi connectivity index (χ1v) is 21.2. The first-order chi connectivity index (χ1) is 29.8. The number of para-hydroxylation sites is 1. The van der Waals surface area contributed by atoms with Crippen LogP contribution in [0.25, 0.3) is 78.1 Å². The number of nitrogens with zero attached hydrogens (tertiary/aromatic N) is 1. The van der Waals surface area contributed by atoms with Crippen LogP contribution in [0.4, 0.5) is 0 Å². The number of hydrogen-bond donors (Lipinski definition) is 0. The molecule has 0 amide bonds. The van der Waals surface area contributed by atoms with Crippen LogP contribution in [0.3, 0.4) is 0 Å². The number of fused-ring (bicyclic) bond motifs is 10. The van der Waals surface area contributed by atoms with Crippen molar-refractivity contribution in [1.29, 1.82) is 0 Å². The summed E-state index contributed by atoms with van der Waals surface area (Å²) in [5, 5.41) is 2.50. The molecule has 1 aromatic heterocycles. The Hall–Kier alpha value is -7.48. The molecule has 2 aliphatic carbocycles. The van der Waals surface area contributed by atoms with E-state index in [1.54, 1.807) is 0 Å². The highest BCUT2D eigenvalue weighted by Crippen LogP contribution is 2.57. The van der Waals surface area contributed by atoms with E-state index in [1.165, 1.54) is 105 Å². The van der Waals surface area contributed by atoms with Crippen LogP contribution in [-0.2, 0) is 11.8 Å². The summed E-state index contributed by atoms with van der Waals surface area (Å²) in [5.74, 6) is 0. The highest BCUT2D eigenvalue weighted by atomic mass is 15.0. The number of allylic oxidation sites excluding steroid dienone is 1. The fourth-order valence-electron chi connectivity index (χ4n) is 10.6. The summed E-state index contributed by atoms with van der Waals surface area (Å²) in [6.07, 6.45) is 6.80. The standard InChI is InChI=1S/C59H41N/c1-3-19-41(20-4-1)58-51-29-17-32-55(58)59(44-22-5-2-6-23-44,54-31-15-12-27-49(54)47-25-9-10-26-48(47)51)53-30-14-11-24-46(53)43-35-37-57-52(39-43)50-28-13-16-33-56(50)60(57)45-36-34-40-18-7-8-21-42(40)38-45/h1-6,8-17,19-39H,7,18H2. The molecule has 10 aromatic rings. The SMILES string of the molecule is C1=Cc2cc(-n3c4ccccc4c4cc(-c5ccccc5C5(c6ccccc6)c6ccccc6-c6ccccc6-c6cccc5c6-c5ccccc5)ccc43)ccc2CC1. The Morgan fingerprint density at radius 3 is 1.83 bits per heavy atom. The zero-order chi connectivity index (χ0) is 39.6. The van der Waals surface area contributed by atoms with E-state index in [-0.39, 0.29) is 0 Å². The van der Waals surface area contributed by atoms with E-state index < -0.39 is 5.41 Å². The second-order valence-corrected chi connectivity index (χ2v) is 16.3. The summed E-state index contributed by atoms with van der Waals surface area (Å²) in [6, 6.07) is 79.6. The third-order valence-electron chi connectivity index (χ3n) is 13.2. The average Bonchev–Trinajstić information content (AvgIpc) is 3.66. The lowest BCUT2D eigenvalue weighted by Crippen LogP contribution is -2.33. The van der Waals surface area contributed by atoms with Crippen molar-refractivity contribution in [3.05, 3.63) is 252 Å².